The van der Waals surface area contributed by atoms with Gasteiger partial charge in [0.05, 0.1) is 0 Å². The zero-order valence-electron chi connectivity index (χ0n) is 13.1. The predicted octanol–water partition coefficient (Wildman–Crippen LogP) is 2.19. The molecule has 0 aromatic carbocycles. The number of hydrogen-bond acceptors (Lipinski definition) is 4. The average molecular weight is 301 g/mol. The van der Waals surface area contributed by atoms with E-state index in [0.717, 1.165) is 30.2 Å². The number of aromatic nitrogens is 2. The van der Waals surface area contributed by atoms with E-state index in [1.807, 2.05) is 12.3 Å². The van der Waals surface area contributed by atoms with Crippen LogP contribution >= 0.6 is 0 Å². The van der Waals surface area contributed by atoms with Crippen LogP contribution in [0.5, 0.6) is 0 Å². The molecule has 2 aromatic heterocycles. The third-order valence-electron chi connectivity index (χ3n) is 5.42. The highest BCUT2D eigenvalue weighted by molar-refractivity contribution is 5.68. The number of aryl methyl sites for hydroxylation is 2. The van der Waals surface area contributed by atoms with Crippen molar-refractivity contribution in [1.82, 2.24) is 14.5 Å². The maximum atomic E-state index is 11.5. The number of nitrogens with zero attached hydrogens (tertiary/aromatic N) is 3. The van der Waals surface area contributed by atoms with Gasteiger partial charge in [-0.25, -0.2) is 9.78 Å². The zero-order chi connectivity index (χ0) is 15.1. The zero-order valence-corrected chi connectivity index (χ0v) is 13.1. The van der Waals surface area contributed by atoms with Gasteiger partial charge in [0.25, 0.3) is 0 Å². The molecule has 2 unspecified atom stereocenters. The highest BCUT2D eigenvalue weighted by Gasteiger charge is 2.35. The summed E-state index contributed by atoms with van der Waals surface area (Å²) in [6, 6.07) is 1.96. The van der Waals surface area contributed by atoms with Gasteiger partial charge in [-0.3, -0.25) is 4.57 Å². The standard InChI is InChI=1S/C17H23N3O2/c1-19-16-15(22-17(19)21)8-12(9-18-16)4-3-7-20-10-13-5-2-6-14(13)11-20/h8-9,13-14H,2-7,10-11H2,1H3. The molecule has 22 heavy (non-hydrogen) atoms. The van der Waals surface area contributed by atoms with Crippen molar-refractivity contribution in [3.63, 3.8) is 0 Å². The fraction of sp³-hybridized carbons (Fsp3) is 0.647. The van der Waals surface area contributed by atoms with E-state index in [-0.39, 0.29) is 5.76 Å². The maximum Gasteiger partial charge on any atom is 0.420 e. The van der Waals surface area contributed by atoms with E-state index in [9.17, 15) is 4.79 Å². The molecule has 0 bridgehead atoms. The molecule has 5 heteroatoms. The van der Waals surface area contributed by atoms with Crippen molar-refractivity contribution < 1.29 is 4.42 Å². The molecule has 2 fully saturated rings. The summed E-state index contributed by atoms with van der Waals surface area (Å²) in [6.45, 7) is 3.77. The van der Waals surface area contributed by atoms with Crippen LogP contribution in [0.1, 0.15) is 31.2 Å². The Labute approximate surface area is 129 Å². The molecule has 1 saturated heterocycles. The van der Waals surface area contributed by atoms with Crippen LogP contribution in [0.2, 0.25) is 0 Å². The lowest BCUT2D eigenvalue weighted by molar-refractivity contribution is 0.307. The SMILES string of the molecule is Cn1c(=O)oc2cc(CCCN3CC4CCCC4C3)cnc21. The molecule has 0 amide bonds. The fourth-order valence-corrected chi connectivity index (χ4v) is 4.21. The number of rotatable bonds is 4. The van der Waals surface area contributed by atoms with E-state index < -0.39 is 0 Å². The monoisotopic (exact) mass is 301 g/mol. The molecular weight excluding hydrogens is 278 g/mol. The summed E-state index contributed by atoms with van der Waals surface area (Å²) >= 11 is 0. The summed E-state index contributed by atoms with van der Waals surface area (Å²) in [5, 5.41) is 0. The van der Waals surface area contributed by atoms with Gasteiger partial charge in [-0.2, -0.15) is 0 Å². The Balaban J connectivity index is 1.35. The number of pyridine rings is 1. The summed E-state index contributed by atoms with van der Waals surface area (Å²) in [5.41, 5.74) is 2.38. The average Bonchev–Trinajstić information content (AvgIpc) is 3.14. The first kappa shape index (κ1) is 14.0. The van der Waals surface area contributed by atoms with Gasteiger partial charge in [0.1, 0.15) is 0 Å². The van der Waals surface area contributed by atoms with E-state index in [1.165, 1.54) is 43.5 Å². The minimum atomic E-state index is -0.344. The van der Waals surface area contributed by atoms with E-state index >= 15 is 0 Å². The summed E-state index contributed by atoms with van der Waals surface area (Å²) in [7, 11) is 1.69. The molecule has 1 aliphatic carbocycles. The number of fused-ring (bicyclic) bond motifs is 2. The van der Waals surface area contributed by atoms with Crippen molar-refractivity contribution in [3.05, 3.63) is 28.4 Å². The Kier molecular flexibility index (Phi) is 3.53. The van der Waals surface area contributed by atoms with Crippen LogP contribution in [0.15, 0.2) is 21.5 Å². The number of likely N-dealkylation sites (tertiary alicyclic amines) is 1. The Hall–Kier alpha value is -1.62. The minimum absolute atomic E-state index is 0.344. The van der Waals surface area contributed by atoms with Crippen LogP contribution in [0.3, 0.4) is 0 Å². The van der Waals surface area contributed by atoms with Crippen LogP contribution in [0, 0.1) is 11.8 Å². The molecule has 0 N–H and O–H groups in total. The van der Waals surface area contributed by atoms with Gasteiger partial charge in [-0.05, 0) is 55.7 Å². The second kappa shape index (κ2) is 5.54. The van der Waals surface area contributed by atoms with Crippen molar-refractivity contribution in [3.8, 4) is 0 Å². The molecular formula is C17H23N3O2. The largest absolute Gasteiger partial charge is 0.420 e. The molecule has 4 rings (SSSR count). The van der Waals surface area contributed by atoms with Gasteiger partial charge in [0.2, 0.25) is 0 Å². The maximum absolute atomic E-state index is 11.5. The summed E-state index contributed by atoms with van der Waals surface area (Å²) < 4.78 is 6.65. The Morgan fingerprint density at radius 1 is 1.32 bits per heavy atom. The first-order valence-electron chi connectivity index (χ1n) is 8.37. The smallest absolute Gasteiger partial charge is 0.406 e. The highest BCUT2D eigenvalue weighted by atomic mass is 16.4. The van der Waals surface area contributed by atoms with Crippen LogP contribution < -0.4 is 5.76 Å². The predicted molar refractivity (Wildman–Crippen MR) is 84.8 cm³/mol. The molecule has 3 heterocycles. The minimum Gasteiger partial charge on any atom is -0.406 e. The lowest BCUT2D eigenvalue weighted by Crippen LogP contribution is -2.23. The third-order valence-corrected chi connectivity index (χ3v) is 5.42. The lowest BCUT2D eigenvalue weighted by atomic mass is 10.0. The van der Waals surface area contributed by atoms with Crippen molar-refractivity contribution in [2.75, 3.05) is 19.6 Å². The van der Waals surface area contributed by atoms with Gasteiger partial charge < -0.3 is 9.32 Å². The van der Waals surface area contributed by atoms with E-state index in [1.54, 1.807) is 7.05 Å². The molecule has 5 nitrogen and oxygen atoms in total. The van der Waals surface area contributed by atoms with Crippen molar-refractivity contribution in [2.45, 2.75) is 32.1 Å². The van der Waals surface area contributed by atoms with Crippen LogP contribution in [0.25, 0.3) is 11.2 Å². The van der Waals surface area contributed by atoms with Crippen molar-refractivity contribution >= 4 is 11.2 Å². The summed E-state index contributed by atoms with van der Waals surface area (Å²) in [5.74, 6) is 1.59. The van der Waals surface area contributed by atoms with E-state index in [4.69, 9.17) is 4.42 Å². The molecule has 2 atom stereocenters. The molecule has 1 saturated carbocycles. The van der Waals surface area contributed by atoms with Gasteiger partial charge in [-0.15, -0.1) is 0 Å². The second-order valence-electron chi connectivity index (χ2n) is 6.91. The lowest BCUT2D eigenvalue weighted by Gasteiger charge is -2.16. The number of hydrogen-bond donors (Lipinski definition) is 0. The second-order valence-corrected chi connectivity index (χ2v) is 6.91. The van der Waals surface area contributed by atoms with Crippen LogP contribution in [-0.2, 0) is 13.5 Å². The van der Waals surface area contributed by atoms with Crippen LogP contribution in [-0.4, -0.2) is 34.1 Å². The number of oxazole rings is 1. The topological polar surface area (TPSA) is 51.3 Å². The molecule has 0 radical (unpaired) electrons. The first-order valence-corrected chi connectivity index (χ1v) is 8.37. The third kappa shape index (κ3) is 2.47. The van der Waals surface area contributed by atoms with Crippen molar-refractivity contribution in [1.29, 1.82) is 0 Å². The van der Waals surface area contributed by atoms with Gasteiger partial charge in [0.15, 0.2) is 11.2 Å². The Bertz CT molecular complexity index is 721. The van der Waals surface area contributed by atoms with E-state index in [2.05, 4.69) is 9.88 Å². The van der Waals surface area contributed by atoms with Gasteiger partial charge in [-0.1, -0.05) is 6.42 Å². The van der Waals surface area contributed by atoms with E-state index in [0.29, 0.717) is 11.2 Å². The Morgan fingerprint density at radius 2 is 2.09 bits per heavy atom. The first-order chi connectivity index (χ1) is 10.7. The molecule has 118 valence electrons. The molecule has 2 aliphatic rings. The Morgan fingerprint density at radius 3 is 2.86 bits per heavy atom. The fourth-order valence-electron chi connectivity index (χ4n) is 4.21. The van der Waals surface area contributed by atoms with Crippen molar-refractivity contribution in [2.24, 2.45) is 18.9 Å². The van der Waals surface area contributed by atoms with Gasteiger partial charge >= 0.3 is 5.76 Å². The molecule has 1 aliphatic heterocycles. The van der Waals surface area contributed by atoms with Gasteiger partial charge in [0, 0.05) is 26.3 Å². The summed E-state index contributed by atoms with van der Waals surface area (Å²) in [4.78, 5) is 18.5. The van der Waals surface area contributed by atoms with Crippen LogP contribution in [0.4, 0.5) is 0 Å². The molecule has 2 aromatic rings. The summed E-state index contributed by atoms with van der Waals surface area (Å²) in [6.07, 6.45) is 8.33. The quantitative estimate of drug-likeness (QED) is 0.868. The normalized spacial score (nSPS) is 25.1. The highest BCUT2D eigenvalue weighted by Crippen LogP contribution is 2.37. The molecule has 0 spiro atoms.